The van der Waals surface area contributed by atoms with Crippen LogP contribution < -0.4 is 5.32 Å². The van der Waals surface area contributed by atoms with Gasteiger partial charge < -0.3 is 9.88 Å². The van der Waals surface area contributed by atoms with E-state index in [1.165, 1.54) is 0 Å². The summed E-state index contributed by atoms with van der Waals surface area (Å²) in [5.74, 6) is -0.176. The van der Waals surface area contributed by atoms with Crippen molar-refractivity contribution >= 4 is 28.3 Å². The zero-order valence-electron chi connectivity index (χ0n) is 16.5. The summed E-state index contributed by atoms with van der Waals surface area (Å²) in [6.45, 7) is 4.14. The van der Waals surface area contributed by atoms with Gasteiger partial charge in [0.25, 0.3) is 0 Å². The quantitative estimate of drug-likeness (QED) is 0.487. The van der Waals surface area contributed by atoms with Crippen LogP contribution in [-0.2, 0) is 11.3 Å². The predicted molar refractivity (Wildman–Crippen MR) is 116 cm³/mol. The van der Waals surface area contributed by atoms with Gasteiger partial charge in [-0.25, -0.2) is 0 Å². The molecule has 1 heterocycles. The van der Waals surface area contributed by atoms with Crippen molar-refractivity contribution in [3.63, 3.8) is 0 Å². The zero-order valence-corrected chi connectivity index (χ0v) is 16.5. The molecule has 144 valence electrons. The van der Waals surface area contributed by atoms with Crippen LogP contribution in [0.25, 0.3) is 10.9 Å². The number of ketones is 1. The van der Waals surface area contributed by atoms with E-state index in [1.54, 1.807) is 18.3 Å². The first kappa shape index (κ1) is 18.7. The van der Waals surface area contributed by atoms with Crippen molar-refractivity contribution < 1.29 is 9.59 Å². The lowest BCUT2D eigenvalue weighted by Gasteiger charge is -2.09. The average molecular weight is 382 g/mol. The van der Waals surface area contributed by atoms with Gasteiger partial charge in [0.2, 0.25) is 5.91 Å². The molecule has 0 saturated carbocycles. The lowest BCUT2D eigenvalue weighted by Crippen LogP contribution is -2.18. The maximum Gasteiger partial charge on any atom is 0.244 e. The standard InChI is InChI=1S/C25H22N2O2/c1-17-12-18(2)14-20(13-17)26-24(28)16-27-15-22(21-10-6-7-11-23(21)27)25(29)19-8-4-3-5-9-19/h3-15H,16H2,1-2H3,(H,26,28). The second-order valence-corrected chi connectivity index (χ2v) is 7.31. The van der Waals surface area contributed by atoms with E-state index in [9.17, 15) is 9.59 Å². The third-order valence-corrected chi connectivity index (χ3v) is 4.89. The molecule has 4 rings (SSSR count). The Balaban J connectivity index is 1.64. The number of aromatic nitrogens is 1. The van der Waals surface area contributed by atoms with Crippen molar-refractivity contribution in [3.05, 3.63) is 101 Å². The molecule has 0 fully saturated rings. The van der Waals surface area contributed by atoms with E-state index in [0.29, 0.717) is 11.1 Å². The Morgan fingerprint density at radius 1 is 0.862 bits per heavy atom. The first-order valence-corrected chi connectivity index (χ1v) is 9.57. The fourth-order valence-corrected chi connectivity index (χ4v) is 3.71. The van der Waals surface area contributed by atoms with E-state index < -0.39 is 0 Å². The normalized spacial score (nSPS) is 10.8. The van der Waals surface area contributed by atoms with Crippen molar-refractivity contribution in [2.45, 2.75) is 20.4 Å². The van der Waals surface area contributed by atoms with Crippen LogP contribution in [0, 0.1) is 13.8 Å². The number of anilines is 1. The van der Waals surface area contributed by atoms with Crippen LogP contribution in [0.3, 0.4) is 0 Å². The Kier molecular flexibility index (Phi) is 5.00. The number of para-hydroxylation sites is 1. The number of hydrogen-bond donors (Lipinski definition) is 1. The Morgan fingerprint density at radius 3 is 2.24 bits per heavy atom. The van der Waals surface area contributed by atoms with E-state index in [0.717, 1.165) is 27.7 Å². The number of hydrogen-bond acceptors (Lipinski definition) is 2. The number of amides is 1. The first-order chi connectivity index (χ1) is 14.0. The fraction of sp³-hybridized carbons (Fsp3) is 0.120. The van der Waals surface area contributed by atoms with Crippen molar-refractivity contribution in [2.75, 3.05) is 5.32 Å². The number of aryl methyl sites for hydroxylation is 2. The first-order valence-electron chi connectivity index (χ1n) is 9.57. The van der Waals surface area contributed by atoms with E-state index in [4.69, 9.17) is 0 Å². The number of rotatable bonds is 5. The molecule has 4 heteroatoms. The van der Waals surface area contributed by atoms with Crippen molar-refractivity contribution in [1.82, 2.24) is 4.57 Å². The molecule has 0 aliphatic rings. The van der Waals surface area contributed by atoms with Gasteiger partial charge in [-0.15, -0.1) is 0 Å². The Hall–Kier alpha value is -3.66. The summed E-state index contributed by atoms with van der Waals surface area (Å²) in [5.41, 5.74) is 5.08. The number of benzene rings is 3. The van der Waals surface area contributed by atoms with Gasteiger partial charge in [-0.3, -0.25) is 9.59 Å². The Bertz CT molecular complexity index is 1190. The molecule has 1 aromatic heterocycles. The maximum absolute atomic E-state index is 13.0. The van der Waals surface area contributed by atoms with Crippen molar-refractivity contribution in [2.24, 2.45) is 0 Å². The minimum Gasteiger partial charge on any atom is -0.337 e. The van der Waals surface area contributed by atoms with Crippen LogP contribution in [-0.4, -0.2) is 16.3 Å². The molecule has 1 amide bonds. The number of carbonyl (C=O) groups excluding carboxylic acids is 2. The molecule has 0 spiro atoms. The summed E-state index contributed by atoms with van der Waals surface area (Å²) >= 11 is 0. The van der Waals surface area contributed by atoms with Gasteiger partial charge in [-0.1, -0.05) is 54.6 Å². The SMILES string of the molecule is Cc1cc(C)cc(NC(=O)Cn2cc(C(=O)c3ccccc3)c3ccccc32)c1. The van der Waals surface area contributed by atoms with E-state index >= 15 is 0 Å². The minimum atomic E-state index is -0.130. The molecule has 0 saturated heterocycles. The van der Waals surface area contributed by atoms with Crippen LogP contribution in [0.15, 0.2) is 79.0 Å². The monoisotopic (exact) mass is 382 g/mol. The van der Waals surface area contributed by atoms with Gasteiger partial charge in [-0.2, -0.15) is 0 Å². The molecule has 0 atom stereocenters. The molecule has 0 aliphatic heterocycles. The van der Waals surface area contributed by atoms with E-state index in [1.807, 2.05) is 73.0 Å². The molecule has 0 radical (unpaired) electrons. The van der Waals surface area contributed by atoms with Gasteiger partial charge in [0.05, 0.1) is 0 Å². The fourth-order valence-electron chi connectivity index (χ4n) is 3.71. The molecule has 29 heavy (non-hydrogen) atoms. The van der Waals surface area contributed by atoms with Crippen molar-refractivity contribution in [1.29, 1.82) is 0 Å². The molecular weight excluding hydrogens is 360 g/mol. The summed E-state index contributed by atoms with van der Waals surface area (Å²) < 4.78 is 1.84. The predicted octanol–water partition coefficient (Wildman–Crippen LogP) is 5.13. The Morgan fingerprint density at radius 2 is 1.52 bits per heavy atom. The van der Waals surface area contributed by atoms with Crippen LogP contribution in [0.1, 0.15) is 27.0 Å². The minimum absolute atomic E-state index is 0.0460. The number of fused-ring (bicyclic) bond motifs is 1. The lowest BCUT2D eigenvalue weighted by atomic mass is 10.0. The highest BCUT2D eigenvalue weighted by Gasteiger charge is 2.17. The highest BCUT2D eigenvalue weighted by atomic mass is 16.2. The van der Waals surface area contributed by atoms with Crippen LogP contribution in [0.4, 0.5) is 5.69 Å². The number of nitrogens with zero attached hydrogens (tertiary/aromatic N) is 1. The molecule has 4 nitrogen and oxygen atoms in total. The molecule has 1 N–H and O–H groups in total. The highest BCUT2D eigenvalue weighted by molar-refractivity contribution is 6.16. The largest absolute Gasteiger partial charge is 0.337 e. The van der Waals surface area contributed by atoms with E-state index in [2.05, 4.69) is 11.4 Å². The molecule has 4 aromatic rings. The van der Waals surface area contributed by atoms with Gasteiger partial charge in [0, 0.05) is 33.9 Å². The number of nitrogens with one attached hydrogen (secondary N) is 1. The Labute approximate surface area is 169 Å². The van der Waals surface area contributed by atoms with E-state index in [-0.39, 0.29) is 18.2 Å². The lowest BCUT2D eigenvalue weighted by molar-refractivity contribution is -0.116. The number of carbonyl (C=O) groups is 2. The van der Waals surface area contributed by atoms with Gasteiger partial charge in [-0.05, 0) is 43.2 Å². The van der Waals surface area contributed by atoms with Gasteiger partial charge >= 0.3 is 0 Å². The topological polar surface area (TPSA) is 51.1 Å². The summed E-state index contributed by atoms with van der Waals surface area (Å²) in [6, 6.07) is 22.8. The molecule has 3 aromatic carbocycles. The maximum atomic E-state index is 13.0. The molecule has 0 unspecified atom stereocenters. The molecular formula is C25H22N2O2. The van der Waals surface area contributed by atoms with Gasteiger partial charge in [0.1, 0.15) is 6.54 Å². The van der Waals surface area contributed by atoms with Gasteiger partial charge in [0.15, 0.2) is 5.78 Å². The summed E-state index contributed by atoms with van der Waals surface area (Å²) in [4.78, 5) is 25.7. The summed E-state index contributed by atoms with van der Waals surface area (Å²) in [5, 5.41) is 3.81. The molecule has 0 aliphatic carbocycles. The zero-order chi connectivity index (χ0) is 20.4. The smallest absolute Gasteiger partial charge is 0.244 e. The van der Waals surface area contributed by atoms with Crippen molar-refractivity contribution in [3.8, 4) is 0 Å². The van der Waals surface area contributed by atoms with Crippen LogP contribution >= 0.6 is 0 Å². The summed E-state index contributed by atoms with van der Waals surface area (Å²) in [6.07, 6.45) is 1.78. The average Bonchev–Trinajstić information content (AvgIpc) is 3.06. The third-order valence-electron chi connectivity index (χ3n) is 4.89. The van der Waals surface area contributed by atoms with Crippen LogP contribution in [0.5, 0.6) is 0 Å². The second kappa shape index (κ2) is 7.76. The second-order valence-electron chi connectivity index (χ2n) is 7.31. The summed E-state index contributed by atoms with van der Waals surface area (Å²) in [7, 11) is 0. The molecule has 0 bridgehead atoms. The third kappa shape index (κ3) is 3.97. The highest BCUT2D eigenvalue weighted by Crippen LogP contribution is 2.24. The van der Waals surface area contributed by atoms with Crippen LogP contribution in [0.2, 0.25) is 0 Å².